The van der Waals surface area contributed by atoms with Gasteiger partial charge >= 0.3 is 12.1 Å². The fraction of sp³-hybridized carbons (Fsp3) is 0.636. The van der Waals surface area contributed by atoms with E-state index in [0.29, 0.717) is 17.9 Å². The summed E-state index contributed by atoms with van der Waals surface area (Å²) in [7, 11) is 0. The summed E-state index contributed by atoms with van der Waals surface area (Å²) in [6.45, 7) is 3.37. The van der Waals surface area contributed by atoms with Gasteiger partial charge in [0.2, 0.25) is 0 Å². The molecule has 0 amide bonds. The number of thiazole rings is 1. The molecule has 0 radical (unpaired) electrons. The molecule has 0 atom stereocenters. The first-order valence-corrected chi connectivity index (χ1v) is 6.93. The Morgan fingerprint density at radius 3 is 2.75 bits per heavy atom. The molecule has 112 valence electrons. The maximum atomic E-state index is 12.7. The summed E-state index contributed by atoms with van der Waals surface area (Å²) in [5.74, 6) is -1.58. The van der Waals surface area contributed by atoms with Gasteiger partial charge in [-0.2, -0.15) is 13.2 Å². The molecule has 1 aliphatic rings. The number of carbonyl (C=O) groups is 1. The van der Waals surface area contributed by atoms with Gasteiger partial charge in [0.05, 0.1) is 6.54 Å². The molecule has 2 rings (SSSR count). The molecule has 0 aliphatic carbocycles. The number of nitrogens with zero attached hydrogens (tertiary/aromatic N) is 2. The molecule has 9 heteroatoms. The van der Waals surface area contributed by atoms with Crippen LogP contribution in [0.5, 0.6) is 0 Å². The zero-order valence-corrected chi connectivity index (χ0v) is 11.4. The molecular weight excluding hydrogens is 295 g/mol. The fourth-order valence-electron chi connectivity index (χ4n) is 2.02. The molecule has 1 aliphatic heterocycles. The van der Waals surface area contributed by atoms with E-state index in [0.717, 1.165) is 26.1 Å². The largest absolute Gasteiger partial charge is 0.477 e. The van der Waals surface area contributed by atoms with Gasteiger partial charge in [0.1, 0.15) is 9.88 Å². The van der Waals surface area contributed by atoms with Crippen LogP contribution >= 0.6 is 11.3 Å². The lowest BCUT2D eigenvalue weighted by Gasteiger charge is -2.17. The van der Waals surface area contributed by atoms with Gasteiger partial charge in [-0.1, -0.05) is 0 Å². The van der Waals surface area contributed by atoms with Gasteiger partial charge in [-0.15, -0.1) is 11.3 Å². The predicted molar refractivity (Wildman–Crippen MR) is 66.8 cm³/mol. The number of nitrogens with one attached hydrogen (secondary N) is 1. The van der Waals surface area contributed by atoms with Crippen molar-refractivity contribution < 1.29 is 23.1 Å². The molecule has 0 spiro atoms. The molecule has 2 N–H and O–H groups in total. The number of alkyl halides is 3. The van der Waals surface area contributed by atoms with E-state index in [4.69, 9.17) is 5.11 Å². The van der Waals surface area contributed by atoms with E-state index in [-0.39, 0.29) is 11.6 Å². The Morgan fingerprint density at radius 1 is 1.40 bits per heavy atom. The van der Waals surface area contributed by atoms with Gasteiger partial charge in [-0.05, 0) is 19.5 Å². The number of hydrogen-bond donors (Lipinski definition) is 2. The van der Waals surface area contributed by atoms with E-state index < -0.39 is 22.7 Å². The average molecular weight is 309 g/mol. The van der Waals surface area contributed by atoms with Crippen molar-refractivity contribution in [1.82, 2.24) is 15.2 Å². The van der Waals surface area contributed by atoms with Gasteiger partial charge in [0.15, 0.2) is 5.69 Å². The Balaban J connectivity index is 2.18. The standard InChI is InChI=1S/C11H14F3N3O2S/c12-11(13,14)9-8(10(18)19)20-7(16-9)6-17-4-1-2-15-3-5-17/h15H,1-6H2,(H,18,19). The van der Waals surface area contributed by atoms with Crippen LogP contribution in [0.4, 0.5) is 13.2 Å². The first-order chi connectivity index (χ1) is 9.38. The molecule has 0 aromatic carbocycles. The first kappa shape index (κ1) is 15.2. The molecule has 5 nitrogen and oxygen atoms in total. The minimum Gasteiger partial charge on any atom is -0.477 e. The van der Waals surface area contributed by atoms with Crippen LogP contribution in [-0.4, -0.2) is 47.1 Å². The van der Waals surface area contributed by atoms with Crippen LogP contribution < -0.4 is 5.32 Å². The minimum atomic E-state index is -4.73. The Morgan fingerprint density at radius 2 is 2.15 bits per heavy atom. The molecule has 0 unspecified atom stereocenters. The lowest BCUT2D eigenvalue weighted by molar-refractivity contribution is -0.141. The molecule has 20 heavy (non-hydrogen) atoms. The van der Waals surface area contributed by atoms with E-state index >= 15 is 0 Å². The highest BCUT2D eigenvalue weighted by molar-refractivity contribution is 7.13. The van der Waals surface area contributed by atoms with E-state index in [1.165, 1.54) is 0 Å². The number of rotatable bonds is 3. The van der Waals surface area contributed by atoms with Crippen molar-refractivity contribution in [2.45, 2.75) is 19.1 Å². The number of carboxylic acids is 1. The normalized spacial score (nSPS) is 17.9. The number of hydrogen-bond acceptors (Lipinski definition) is 5. The Kier molecular flexibility index (Phi) is 4.61. The Bertz CT molecular complexity index is 482. The summed E-state index contributed by atoms with van der Waals surface area (Å²) < 4.78 is 38.2. The van der Waals surface area contributed by atoms with Crippen molar-refractivity contribution in [3.05, 3.63) is 15.6 Å². The summed E-state index contributed by atoms with van der Waals surface area (Å²) >= 11 is 0.602. The summed E-state index contributed by atoms with van der Waals surface area (Å²) in [5.41, 5.74) is -1.29. The van der Waals surface area contributed by atoms with Crippen LogP contribution in [0.25, 0.3) is 0 Å². The number of carboxylic acid groups (broad SMARTS) is 1. The Hall–Kier alpha value is -1.19. The van der Waals surface area contributed by atoms with Gasteiger partial charge < -0.3 is 10.4 Å². The van der Waals surface area contributed by atoms with Crippen molar-refractivity contribution in [2.75, 3.05) is 26.2 Å². The zero-order chi connectivity index (χ0) is 14.8. The van der Waals surface area contributed by atoms with Crippen LogP contribution in [0.15, 0.2) is 0 Å². The lowest BCUT2D eigenvalue weighted by atomic mass is 10.3. The van der Waals surface area contributed by atoms with Crippen LogP contribution in [-0.2, 0) is 12.7 Å². The van der Waals surface area contributed by atoms with E-state index in [2.05, 4.69) is 10.3 Å². The molecule has 0 bridgehead atoms. The van der Waals surface area contributed by atoms with Crippen molar-refractivity contribution in [1.29, 1.82) is 0 Å². The second-order valence-electron chi connectivity index (χ2n) is 4.47. The van der Waals surface area contributed by atoms with Crippen molar-refractivity contribution in [3.63, 3.8) is 0 Å². The summed E-state index contributed by atoms with van der Waals surface area (Å²) in [5, 5.41) is 12.2. The van der Waals surface area contributed by atoms with Crippen LogP contribution in [0.2, 0.25) is 0 Å². The third kappa shape index (κ3) is 3.68. The second-order valence-corrected chi connectivity index (χ2v) is 5.55. The van der Waals surface area contributed by atoms with E-state index in [1.54, 1.807) is 0 Å². The maximum Gasteiger partial charge on any atom is 0.435 e. The van der Waals surface area contributed by atoms with E-state index in [9.17, 15) is 18.0 Å². The van der Waals surface area contributed by atoms with Crippen LogP contribution in [0.3, 0.4) is 0 Å². The predicted octanol–water partition coefficient (Wildman–Crippen LogP) is 1.66. The summed E-state index contributed by atoms with van der Waals surface area (Å²) in [4.78, 5) is 15.6. The summed E-state index contributed by atoms with van der Waals surface area (Å²) in [6.07, 6.45) is -3.83. The van der Waals surface area contributed by atoms with Crippen molar-refractivity contribution in [3.8, 4) is 0 Å². The van der Waals surface area contributed by atoms with Gasteiger partial charge in [0.25, 0.3) is 0 Å². The second kappa shape index (κ2) is 6.06. The van der Waals surface area contributed by atoms with Crippen molar-refractivity contribution in [2.24, 2.45) is 0 Å². The third-order valence-corrected chi connectivity index (χ3v) is 3.95. The molecule has 0 saturated carbocycles. The average Bonchev–Trinajstić information content (AvgIpc) is 2.61. The fourth-order valence-corrected chi connectivity index (χ4v) is 2.99. The monoisotopic (exact) mass is 309 g/mol. The van der Waals surface area contributed by atoms with E-state index in [1.807, 2.05) is 4.90 Å². The molecule has 1 saturated heterocycles. The first-order valence-electron chi connectivity index (χ1n) is 6.11. The highest BCUT2D eigenvalue weighted by Gasteiger charge is 2.39. The minimum absolute atomic E-state index is 0.191. The molecule has 1 aromatic heterocycles. The van der Waals surface area contributed by atoms with Gasteiger partial charge in [-0.25, -0.2) is 9.78 Å². The zero-order valence-electron chi connectivity index (χ0n) is 10.5. The maximum absolute atomic E-state index is 12.7. The number of aromatic carboxylic acids is 1. The molecular formula is C11H14F3N3O2S. The van der Waals surface area contributed by atoms with Gasteiger partial charge in [-0.3, -0.25) is 4.90 Å². The smallest absolute Gasteiger partial charge is 0.435 e. The summed E-state index contributed by atoms with van der Waals surface area (Å²) in [6, 6.07) is 0. The third-order valence-electron chi connectivity index (χ3n) is 2.93. The molecule has 1 aromatic rings. The quantitative estimate of drug-likeness (QED) is 0.889. The molecule has 1 fully saturated rings. The van der Waals surface area contributed by atoms with Crippen LogP contribution in [0, 0.1) is 0 Å². The highest BCUT2D eigenvalue weighted by Crippen LogP contribution is 2.34. The number of halogens is 3. The van der Waals surface area contributed by atoms with Crippen molar-refractivity contribution >= 4 is 17.3 Å². The van der Waals surface area contributed by atoms with Gasteiger partial charge in [0, 0.05) is 13.1 Å². The number of aromatic nitrogens is 1. The topological polar surface area (TPSA) is 65.5 Å². The Labute approximate surface area is 117 Å². The lowest BCUT2D eigenvalue weighted by Crippen LogP contribution is -2.27. The SMILES string of the molecule is O=C(O)c1sc(CN2CCCNCC2)nc1C(F)(F)F. The molecule has 2 heterocycles. The highest BCUT2D eigenvalue weighted by atomic mass is 32.1. The van der Waals surface area contributed by atoms with Crippen LogP contribution in [0.1, 0.15) is 26.8 Å².